The Morgan fingerprint density at radius 3 is 2.60 bits per heavy atom. The van der Waals surface area contributed by atoms with Gasteiger partial charge in [-0.05, 0) is 32.9 Å². The molecule has 3 rings (SSSR count). The van der Waals surface area contributed by atoms with E-state index in [1.807, 2.05) is 48.5 Å². The number of para-hydroxylation sites is 1. The molecule has 3 aromatic rings. The van der Waals surface area contributed by atoms with Gasteiger partial charge in [-0.2, -0.15) is 0 Å². The molecule has 0 aliphatic rings. The van der Waals surface area contributed by atoms with Crippen LogP contribution in [0.4, 0.5) is 0 Å². The summed E-state index contributed by atoms with van der Waals surface area (Å²) in [5, 5.41) is 18.4. The number of hydrogen-bond acceptors (Lipinski definition) is 5. The van der Waals surface area contributed by atoms with Gasteiger partial charge in [-0.3, -0.25) is 0 Å². The second-order valence-electron chi connectivity index (χ2n) is 7.13. The highest BCUT2D eigenvalue weighted by atomic mass is 16.5. The summed E-state index contributed by atoms with van der Waals surface area (Å²) in [4.78, 5) is 0. The maximum Gasteiger partial charge on any atom is 0.209 e. The third-order valence-electron chi connectivity index (χ3n) is 3.81. The van der Waals surface area contributed by atoms with Crippen LogP contribution in [0.15, 0.2) is 53.1 Å². The first-order chi connectivity index (χ1) is 11.9. The van der Waals surface area contributed by atoms with Crippen LogP contribution >= 0.6 is 0 Å². The van der Waals surface area contributed by atoms with E-state index in [0.717, 1.165) is 16.6 Å². The van der Waals surface area contributed by atoms with Crippen LogP contribution in [0.2, 0.25) is 0 Å². The summed E-state index contributed by atoms with van der Waals surface area (Å²) < 4.78 is 11.3. The molecule has 0 aliphatic carbocycles. The average molecular weight is 340 g/mol. The molecular formula is C20H24N2O3. The lowest BCUT2D eigenvalue weighted by Gasteiger charge is -2.22. The predicted octanol–water partition coefficient (Wildman–Crippen LogP) is 3.62. The fourth-order valence-electron chi connectivity index (χ4n) is 2.52. The number of nitrogens with one attached hydrogen (secondary N) is 1. The number of rotatable bonds is 6. The van der Waals surface area contributed by atoms with Crippen molar-refractivity contribution < 1.29 is 14.4 Å². The Labute approximate surface area is 147 Å². The van der Waals surface area contributed by atoms with Crippen LogP contribution in [-0.2, 0) is 0 Å². The number of aliphatic hydroxyl groups is 1. The minimum atomic E-state index is -0.606. The molecule has 0 radical (unpaired) electrons. The third kappa shape index (κ3) is 4.38. The van der Waals surface area contributed by atoms with Crippen molar-refractivity contribution in [3.05, 3.63) is 48.5 Å². The second kappa shape index (κ2) is 7.25. The van der Waals surface area contributed by atoms with Crippen molar-refractivity contribution >= 4 is 11.0 Å². The van der Waals surface area contributed by atoms with E-state index in [2.05, 4.69) is 31.2 Å². The van der Waals surface area contributed by atoms with Gasteiger partial charge in [-0.15, -0.1) is 0 Å². The minimum Gasteiger partial charge on any atom is -0.487 e. The van der Waals surface area contributed by atoms with E-state index in [0.29, 0.717) is 17.9 Å². The predicted molar refractivity (Wildman–Crippen MR) is 98.7 cm³/mol. The van der Waals surface area contributed by atoms with Gasteiger partial charge < -0.3 is 19.7 Å². The van der Waals surface area contributed by atoms with E-state index < -0.39 is 6.10 Å². The maximum absolute atomic E-state index is 10.1. The standard InChI is InChI=1S/C20H24N2O3/c1-20(2,3)21-12-15(23)13-24-17-11-7-10-16-18(22-25-19(16)17)14-8-5-4-6-9-14/h4-11,15,21,23H,12-13H2,1-3H3. The summed E-state index contributed by atoms with van der Waals surface area (Å²) in [7, 11) is 0. The molecule has 0 saturated carbocycles. The van der Waals surface area contributed by atoms with Crippen molar-refractivity contribution in [2.24, 2.45) is 0 Å². The lowest BCUT2D eigenvalue weighted by molar-refractivity contribution is 0.100. The van der Waals surface area contributed by atoms with Gasteiger partial charge in [-0.1, -0.05) is 41.6 Å². The molecule has 2 aromatic carbocycles. The molecule has 0 spiro atoms. The molecule has 1 atom stereocenters. The van der Waals surface area contributed by atoms with Crippen LogP contribution in [0.5, 0.6) is 5.75 Å². The quantitative estimate of drug-likeness (QED) is 0.717. The van der Waals surface area contributed by atoms with E-state index >= 15 is 0 Å². The normalized spacial score (nSPS) is 13.1. The monoisotopic (exact) mass is 340 g/mol. The molecule has 25 heavy (non-hydrogen) atoms. The van der Waals surface area contributed by atoms with Crippen molar-refractivity contribution in [2.45, 2.75) is 32.4 Å². The van der Waals surface area contributed by atoms with E-state index in [4.69, 9.17) is 9.26 Å². The van der Waals surface area contributed by atoms with Crippen LogP contribution in [0, 0.1) is 0 Å². The lowest BCUT2D eigenvalue weighted by atomic mass is 10.1. The summed E-state index contributed by atoms with van der Waals surface area (Å²) in [6.07, 6.45) is -0.606. The average Bonchev–Trinajstić information content (AvgIpc) is 3.03. The topological polar surface area (TPSA) is 67.5 Å². The maximum atomic E-state index is 10.1. The molecule has 1 aromatic heterocycles. The molecule has 132 valence electrons. The molecule has 0 amide bonds. The van der Waals surface area contributed by atoms with Crippen molar-refractivity contribution in [1.82, 2.24) is 10.5 Å². The third-order valence-corrected chi connectivity index (χ3v) is 3.81. The number of aromatic nitrogens is 1. The van der Waals surface area contributed by atoms with Gasteiger partial charge in [0, 0.05) is 17.6 Å². The van der Waals surface area contributed by atoms with E-state index in [1.165, 1.54) is 0 Å². The SMILES string of the molecule is CC(C)(C)NCC(O)COc1cccc2c(-c3ccccc3)noc12. The largest absolute Gasteiger partial charge is 0.487 e. The highest BCUT2D eigenvalue weighted by molar-refractivity contribution is 5.94. The Morgan fingerprint density at radius 2 is 1.88 bits per heavy atom. The summed E-state index contributed by atoms with van der Waals surface area (Å²) in [6.45, 7) is 6.82. The Morgan fingerprint density at radius 1 is 1.12 bits per heavy atom. The smallest absolute Gasteiger partial charge is 0.209 e. The Bertz CT molecular complexity index is 822. The van der Waals surface area contributed by atoms with Crippen LogP contribution < -0.4 is 10.1 Å². The second-order valence-corrected chi connectivity index (χ2v) is 7.13. The van der Waals surface area contributed by atoms with E-state index in [1.54, 1.807) is 0 Å². The number of hydrogen-bond donors (Lipinski definition) is 2. The van der Waals surface area contributed by atoms with Crippen LogP contribution in [-0.4, -0.2) is 35.1 Å². The van der Waals surface area contributed by atoms with Gasteiger partial charge in [-0.25, -0.2) is 0 Å². The van der Waals surface area contributed by atoms with Crippen molar-refractivity contribution in [1.29, 1.82) is 0 Å². The van der Waals surface area contributed by atoms with Gasteiger partial charge >= 0.3 is 0 Å². The molecule has 0 saturated heterocycles. The van der Waals surface area contributed by atoms with Crippen molar-refractivity contribution in [3.63, 3.8) is 0 Å². The zero-order valence-electron chi connectivity index (χ0n) is 14.8. The summed E-state index contributed by atoms with van der Waals surface area (Å²) >= 11 is 0. The lowest BCUT2D eigenvalue weighted by Crippen LogP contribution is -2.42. The number of β-amino-alcohol motifs (C(OH)–C–C–N with tert-alkyl or cyclic N) is 1. The van der Waals surface area contributed by atoms with Crippen LogP contribution in [0.1, 0.15) is 20.8 Å². The zero-order chi connectivity index (χ0) is 17.9. The number of ether oxygens (including phenoxy) is 1. The number of aliphatic hydroxyl groups excluding tert-OH is 1. The summed E-state index contributed by atoms with van der Waals surface area (Å²) in [6, 6.07) is 15.6. The Hall–Kier alpha value is -2.37. The van der Waals surface area contributed by atoms with Crippen LogP contribution in [0.25, 0.3) is 22.2 Å². The van der Waals surface area contributed by atoms with Gasteiger partial charge in [0.25, 0.3) is 0 Å². The van der Waals surface area contributed by atoms with Gasteiger partial charge in [0.15, 0.2) is 5.75 Å². The van der Waals surface area contributed by atoms with Gasteiger partial charge in [0.1, 0.15) is 18.4 Å². The van der Waals surface area contributed by atoms with Crippen molar-refractivity contribution in [3.8, 4) is 17.0 Å². The zero-order valence-corrected chi connectivity index (χ0v) is 14.8. The molecule has 0 bridgehead atoms. The Balaban J connectivity index is 1.74. The minimum absolute atomic E-state index is 0.0451. The number of fused-ring (bicyclic) bond motifs is 1. The molecule has 1 unspecified atom stereocenters. The summed E-state index contributed by atoms with van der Waals surface area (Å²) in [5.41, 5.74) is 2.33. The molecule has 5 heteroatoms. The van der Waals surface area contributed by atoms with E-state index in [-0.39, 0.29) is 12.1 Å². The first-order valence-corrected chi connectivity index (χ1v) is 8.44. The summed E-state index contributed by atoms with van der Waals surface area (Å²) in [5.74, 6) is 0.585. The van der Waals surface area contributed by atoms with Crippen molar-refractivity contribution in [2.75, 3.05) is 13.2 Å². The fourth-order valence-corrected chi connectivity index (χ4v) is 2.52. The molecule has 0 fully saturated rings. The fraction of sp³-hybridized carbons (Fsp3) is 0.350. The first kappa shape index (κ1) is 17.5. The number of benzene rings is 2. The highest BCUT2D eigenvalue weighted by Crippen LogP contribution is 2.33. The molecule has 2 N–H and O–H groups in total. The Kier molecular flexibility index (Phi) is 5.06. The van der Waals surface area contributed by atoms with Crippen LogP contribution in [0.3, 0.4) is 0 Å². The first-order valence-electron chi connectivity index (χ1n) is 8.44. The molecule has 1 heterocycles. The molecular weight excluding hydrogens is 316 g/mol. The highest BCUT2D eigenvalue weighted by Gasteiger charge is 2.16. The number of nitrogens with zero attached hydrogens (tertiary/aromatic N) is 1. The molecule has 5 nitrogen and oxygen atoms in total. The van der Waals surface area contributed by atoms with E-state index in [9.17, 15) is 5.11 Å². The van der Waals surface area contributed by atoms with Gasteiger partial charge in [0.2, 0.25) is 5.58 Å². The van der Waals surface area contributed by atoms with Gasteiger partial charge in [0.05, 0.1) is 5.39 Å². The molecule has 0 aliphatic heterocycles.